The Bertz CT molecular complexity index is 929. The molecule has 3 aromatic rings. The Morgan fingerprint density at radius 2 is 1.78 bits per heavy atom. The zero-order chi connectivity index (χ0) is 18.8. The van der Waals surface area contributed by atoms with Crippen molar-refractivity contribution in [2.45, 2.75) is 40.3 Å². The van der Waals surface area contributed by atoms with Crippen LogP contribution in [-0.2, 0) is 19.5 Å². The van der Waals surface area contributed by atoms with Gasteiger partial charge in [-0.25, -0.2) is 15.0 Å². The quantitative estimate of drug-likeness (QED) is 0.764. The Morgan fingerprint density at radius 1 is 0.963 bits per heavy atom. The van der Waals surface area contributed by atoms with Crippen LogP contribution in [0.5, 0.6) is 0 Å². The van der Waals surface area contributed by atoms with Crippen molar-refractivity contribution in [2.75, 3.05) is 16.8 Å². The first kappa shape index (κ1) is 17.5. The number of aryl methyl sites for hydroxylation is 3. The highest BCUT2D eigenvalue weighted by Gasteiger charge is 2.22. The van der Waals surface area contributed by atoms with Crippen LogP contribution in [0, 0.1) is 20.8 Å². The average molecular weight is 359 g/mol. The Hall–Kier alpha value is -2.95. The summed E-state index contributed by atoms with van der Waals surface area (Å²) >= 11 is 0. The lowest BCUT2D eigenvalue weighted by Gasteiger charge is -2.30. The summed E-state index contributed by atoms with van der Waals surface area (Å²) in [4.78, 5) is 15.9. The van der Waals surface area contributed by atoms with E-state index in [2.05, 4.69) is 76.3 Å². The van der Waals surface area contributed by atoms with Crippen LogP contribution in [0.25, 0.3) is 0 Å². The zero-order valence-electron chi connectivity index (χ0n) is 16.2. The monoisotopic (exact) mass is 359 g/mol. The van der Waals surface area contributed by atoms with Crippen molar-refractivity contribution in [3.8, 4) is 0 Å². The minimum absolute atomic E-state index is 0.759. The van der Waals surface area contributed by atoms with E-state index in [0.717, 1.165) is 43.4 Å². The lowest BCUT2D eigenvalue weighted by molar-refractivity contribution is 0.697. The predicted octanol–water partition coefficient (Wildman–Crippen LogP) is 3.97. The fourth-order valence-electron chi connectivity index (χ4n) is 3.69. The van der Waals surface area contributed by atoms with E-state index in [1.54, 1.807) is 6.33 Å². The van der Waals surface area contributed by atoms with Gasteiger partial charge in [0, 0.05) is 37.8 Å². The molecule has 0 spiro atoms. The van der Waals surface area contributed by atoms with E-state index in [4.69, 9.17) is 0 Å². The molecule has 1 aliphatic heterocycles. The smallest absolute Gasteiger partial charge is 0.134 e. The van der Waals surface area contributed by atoms with Gasteiger partial charge in [0.15, 0.2) is 0 Å². The van der Waals surface area contributed by atoms with Gasteiger partial charge in [-0.1, -0.05) is 35.4 Å². The van der Waals surface area contributed by atoms with E-state index in [0.29, 0.717) is 0 Å². The number of anilines is 2. The van der Waals surface area contributed by atoms with Crippen molar-refractivity contribution in [3.05, 3.63) is 76.4 Å². The molecule has 138 valence electrons. The Morgan fingerprint density at radius 3 is 2.52 bits per heavy atom. The SMILES string of the molecule is Cc1ccc(N2CCc3ncnc(NCc4cc(C)cc(C)c4)c3C2)nc1. The van der Waals surface area contributed by atoms with Gasteiger partial charge in [-0.05, 0) is 38.0 Å². The summed E-state index contributed by atoms with van der Waals surface area (Å²) in [6.45, 7) is 8.79. The molecule has 2 aromatic heterocycles. The number of pyridine rings is 1. The normalized spacial score (nSPS) is 13.4. The molecule has 0 bridgehead atoms. The van der Waals surface area contributed by atoms with Crippen molar-refractivity contribution in [1.29, 1.82) is 0 Å². The lowest BCUT2D eigenvalue weighted by atomic mass is 10.1. The highest BCUT2D eigenvalue weighted by Crippen LogP contribution is 2.26. The minimum atomic E-state index is 0.759. The Labute approximate surface area is 160 Å². The molecule has 0 amide bonds. The van der Waals surface area contributed by atoms with Crippen molar-refractivity contribution in [2.24, 2.45) is 0 Å². The van der Waals surface area contributed by atoms with E-state index in [1.807, 2.05) is 6.20 Å². The van der Waals surface area contributed by atoms with Gasteiger partial charge < -0.3 is 10.2 Å². The van der Waals surface area contributed by atoms with E-state index >= 15 is 0 Å². The maximum Gasteiger partial charge on any atom is 0.134 e. The van der Waals surface area contributed by atoms with Crippen LogP contribution in [0.3, 0.4) is 0 Å². The fraction of sp³-hybridized carbons (Fsp3) is 0.318. The van der Waals surface area contributed by atoms with E-state index in [-0.39, 0.29) is 0 Å². The second kappa shape index (κ2) is 7.35. The summed E-state index contributed by atoms with van der Waals surface area (Å²) in [6, 6.07) is 10.8. The molecule has 0 aliphatic carbocycles. The van der Waals surface area contributed by atoms with Gasteiger partial charge in [-0.2, -0.15) is 0 Å². The topological polar surface area (TPSA) is 53.9 Å². The summed E-state index contributed by atoms with van der Waals surface area (Å²) in [5.41, 5.74) is 7.33. The molecule has 1 aliphatic rings. The van der Waals surface area contributed by atoms with Crippen LogP contribution in [0.15, 0.2) is 42.9 Å². The molecule has 1 N–H and O–H groups in total. The number of fused-ring (bicyclic) bond motifs is 1. The number of hydrogen-bond donors (Lipinski definition) is 1. The molecular formula is C22H25N5. The van der Waals surface area contributed by atoms with Gasteiger partial charge in [0.25, 0.3) is 0 Å². The number of benzene rings is 1. The maximum absolute atomic E-state index is 4.58. The first-order valence-electron chi connectivity index (χ1n) is 9.40. The molecule has 0 atom stereocenters. The second-order valence-corrected chi connectivity index (χ2v) is 7.36. The molecule has 0 radical (unpaired) electrons. The van der Waals surface area contributed by atoms with Gasteiger partial charge in [-0.15, -0.1) is 0 Å². The molecule has 5 nitrogen and oxygen atoms in total. The Balaban J connectivity index is 1.55. The number of nitrogens with one attached hydrogen (secondary N) is 1. The summed E-state index contributed by atoms with van der Waals surface area (Å²) < 4.78 is 0. The number of rotatable bonds is 4. The van der Waals surface area contributed by atoms with Gasteiger partial charge >= 0.3 is 0 Å². The number of hydrogen-bond acceptors (Lipinski definition) is 5. The van der Waals surface area contributed by atoms with Crippen LogP contribution < -0.4 is 10.2 Å². The Kier molecular flexibility index (Phi) is 4.75. The van der Waals surface area contributed by atoms with Crippen molar-refractivity contribution < 1.29 is 0 Å². The molecular weight excluding hydrogens is 334 g/mol. The van der Waals surface area contributed by atoms with E-state index < -0.39 is 0 Å². The molecule has 1 aromatic carbocycles. The minimum Gasteiger partial charge on any atom is -0.366 e. The first-order chi connectivity index (χ1) is 13.1. The van der Waals surface area contributed by atoms with Crippen LogP contribution >= 0.6 is 0 Å². The van der Waals surface area contributed by atoms with Gasteiger partial charge in [0.1, 0.15) is 18.0 Å². The summed E-state index contributed by atoms with van der Waals surface area (Å²) in [5, 5.41) is 3.53. The van der Waals surface area contributed by atoms with Gasteiger partial charge in [0.2, 0.25) is 0 Å². The molecule has 5 heteroatoms. The maximum atomic E-state index is 4.58. The summed E-state index contributed by atoms with van der Waals surface area (Å²) in [6.07, 6.45) is 4.50. The highest BCUT2D eigenvalue weighted by molar-refractivity contribution is 5.52. The lowest BCUT2D eigenvalue weighted by Crippen LogP contribution is -2.32. The molecule has 27 heavy (non-hydrogen) atoms. The molecule has 3 heterocycles. The first-order valence-corrected chi connectivity index (χ1v) is 9.40. The van der Waals surface area contributed by atoms with Crippen molar-refractivity contribution in [1.82, 2.24) is 15.0 Å². The second-order valence-electron chi connectivity index (χ2n) is 7.36. The molecule has 0 saturated carbocycles. The summed E-state index contributed by atoms with van der Waals surface area (Å²) in [7, 11) is 0. The molecule has 0 saturated heterocycles. The third kappa shape index (κ3) is 3.92. The summed E-state index contributed by atoms with van der Waals surface area (Å²) in [5.74, 6) is 1.94. The predicted molar refractivity (Wildman–Crippen MR) is 109 cm³/mol. The third-order valence-corrected chi connectivity index (χ3v) is 4.96. The zero-order valence-corrected chi connectivity index (χ0v) is 16.2. The fourth-order valence-corrected chi connectivity index (χ4v) is 3.69. The van der Waals surface area contributed by atoms with E-state index in [1.165, 1.54) is 27.8 Å². The van der Waals surface area contributed by atoms with Crippen LogP contribution in [0.1, 0.15) is 33.5 Å². The number of nitrogens with zero attached hydrogens (tertiary/aromatic N) is 4. The number of aromatic nitrogens is 3. The van der Waals surface area contributed by atoms with Crippen LogP contribution in [0.2, 0.25) is 0 Å². The van der Waals surface area contributed by atoms with Crippen molar-refractivity contribution >= 4 is 11.6 Å². The van der Waals surface area contributed by atoms with Crippen LogP contribution in [0.4, 0.5) is 11.6 Å². The third-order valence-electron chi connectivity index (χ3n) is 4.96. The average Bonchev–Trinajstić information content (AvgIpc) is 2.66. The largest absolute Gasteiger partial charge is 0.366 e. The molecule has 4 rings (SSSR count). The van der Waals surface area contributed by atoms with Crippen molar-refractivity contribution in [3.63, 3.8) is 0 Å². The van der Waals surface area contributed by atoms with E-state index in [9.17, 15) is 0 Å². The van der Waals surface area contributed by atoms with Gasteiger partial charge in [0.05, 0.1) is 5.69 Å². The molecule has 0 fully saturated rings. The highest BCUT2D eigenvalue weighted by atomic mass is 15.2. The van der Waals surface area contributed by atoms with Gasteiger partial charge in [-0.3, -0.25) is 0 Å². The molecule has 0 unspecified atom stereocenters. The standard InChI is InChI=1S/C22H25N5/c1-15-4-5-21(23-11-15)27-7-6-20-19(13-27)22(26-14-25-20)24-12-18-9-16(2)8-17(3)10-18/h4-5,8-11,14H,6-7,12-13H2,1-3H3,(H,24,25,26). The van der Waals surface area contributed by atoms with Crippen LogP contribution in [-0.4, -0.2) is 21.5 Å².